The molecular weight excluding hydrogens is 268 g/mol. The molecule has 0 radical (unpaired) electrons. The fourth-order valence-electron chi connectivity index (χ4n) is 2.45. The van der Waals surface area contributed by atoms with Crippen molar-refractivity contribution in [2.45, 2.75) is 19.4 Å². The number of benzene rings is 1. The summed E-state index contributed by atoms with van der Waals surface area (Å²) in [5, 5.41) is 0. The molecule has 0 saturated carbocycles. The Bertz CT molecular complexity index is 470. The van der Waals surface area contributed by atoms with E-state index in [2.05, 4.69) is 17.0 Å². The molecule has 0 spiro atoms. The van der Waals surface area contributed by atoms with Gasteiger partial charge in [-0.2, -0.15) is 0 Å². The van der Waals surface area contributed by atoms with E-state index in [1.807, 2.05) is 28.5 Å². The van der Waals surface area contributed by atoms with Gasteiger partial charge in [-0.3, -0.25) is 19.9 Å². The molecule has 0 atom stereocenters. The third-order valence-electron chi connectivity index (χ3n) is 3.70. The molecule has 1 aromatic rings. The largest absolute Gasteiger partial charge is 0.340 e. The third-order valence-corrected chi connectivity index (χ3v) is 3.70. The average Bonchev–Trinajstić information content (AvgIpc) is 2.54. The van der Waals surface area contributed by atoms with Crippen LogP contribution in [0.1, 0.15) is 18.4 Å². The number of nitrogens with zero attached hydrogens (tertiary/aromatic N) is 2. The van der Waals surface area contributed by atoms with Crippen molar-refractivity contribution in [1.82, 2.24) is 15.2 Å². The van der Waals surface area contributed by atoms with Crippen LogP contribution in [0.15, 0.2) is 30.3 Å². The van der Waals surface area contributed by atoms with Crippen molar-refractivity contribution in [2.24, 2.45) is 5.84 Å². The quantitative estimate of drug-likeness (QED) is 0.458. The zero-order valence-electron chi connectivity index (χ0n) is 12.1. The second-order valence-electron chi connectivity index (χ2n) is 5.21. The van der Waals surface area contributed by atoms with Crippen molar-refractivity contribution >= 4 is 11.8 Å². The summed E-state index contributed by atoms with van der Waals surface area (Å²) in [6, 6.07) is 10.3. The van der Waals surface area contributed by atoms with E-state index in [9.17, 15) is 9.59 Å². The van der Waals surface area contributed by atoms with E-state index in [0.29, 0.717) is 0 Å². The van der Waals surface area contributed by atoms with Crippen molar-refractivity contribution in [3.63, 3.8) is 0 Å². The molecule has 21 heavy (non-hydrogen) atoms. The number of carbonyl (C=O) groups excluding carboxylic acids is 2. The molecule has 0 unspecified atom stereocenters. The van der Waals surface area contributed by atoms with Gasteiger partial charge in [-0.15, -0.1) is 0 Å². The number of rotatable bonds is 5. The summed E-state index contributed by atoms with van der Waals surface area (Å²) >= 11 is 0. The van der Waals surface area contributed by atoms with Gasteiger partial charge >= 0.3 is 0 Å². The zero-order valence-corrected chi connectivity index (χ0v) is 12.1. The lowest BCUT2D eigenvalue weighted by Gasteiger charge is -2.34. The Morgan fingerprint density at radius 3 is 2.33 bits per heavy atom. The molecule has 6 heteroatoms. The number of carbonyl (C=O) groups is 2. The summed E-state index contributed by atoms with van der Waals surface area (Å²) in [6.07, 6.45) is 0.376. The van der Waals surface area contributed by atoms with Crippen LogP contribution < -0.4 is 11.3 Å². The Hall–Kier alpha value is -1.92. The molecule has 1 aliphatic rings. The summed E-state index contributed by atoms with van der Waals surface area (Å²) in [7, 11) is 0. The second kappa shape index (κ2) is 7.75. The molecule has 2 rings (SSSR count). The molecule has 1 aromatic carbocycles. The highest BCUT2D eigenvalue weighted by atomic mass is 16.2. The number of hydrogen-bond acceptors (Lipinski definition) is 4. The van der Waals surface area contributed by atoms with Gasteiger partial charge in [0.25, 0.3) is 0 Å². The fraction of sp³-hybridized carbons (Fsp3) is 0.467. The first-order chi connectivity index (χ1) is 10.2. The molecule has 1 saturated heterocycles. The Morgan fingerprint density at radius 1 is 1.05 bits per heavy atom. The summed E-state index contributed by atoms with van der Waals surface area (Å²) in [6.45, 7) is 4.08. The maximum absolute atomic E-state index is 12.0. The number of hydrogen-bond donors (Lipinski definition) is 2. The minimum Gasteiger partial charge on any atom is -0.340 e. The number of piperazine rings is 1. The van der Waals surface area contributed by atoms with Gasteiger partial charge in [0.05, 0.1) is 0 Å². The van der Waals surface area contributed by atoms with Crippen molar-refractivity contribution in [3.8, 4) is 0 Å². The van der Waals surface area contributed by atoms with Crippen LogP contribution in [0, 0.1) is 0 Å². The smallest absolute Gasteiger partial charge is 0.234 e. The molecule has 1 fully saturated rings. The van der Waals surface area contributed by atoms with E-state index in [4.69, 9.17) is 5.84 Å². The van der Waals surface area contributed by atoms with Gasteiger partial charge in [0, 0.05) is 45.6 Å². The third kappa shape index (κ3) is 4.84. The monoisotopic (exact) mass is 290 g/mol. The van der Waals surface area contributed by atoms with Gasteiger partial charge in [-0.25, -0.2) is 5.84 Å². The molecule has 1 aliphatic heterocycles. The summed E-state index contributed by atoms with van der Waals surface area (Å²) in [5.41, 5.74) is 3.33. The second-order valence-corrected chi connectivity index (χ2v) is 5.21. The van der Waals surface area contributed by atoms with Crippen molar-refractivity contribution in [1.29, 1.82) is 0 Å². The Kier molecular flexibility index (Phi) is 5.71. The van der Waals surface area contributed by atoms with Gasteiger partial charge < -0.3 is 4.90 Å². The number of nitrogens with one attached hydrogen (secondary N) is 1. The molecule has 114 valence electrons. The summed E-state index contributed by atoms with van der Waals surface area (Å²) < 4.78 is 0. The molecular formula is C15H22N4O2. The topological polar surface area (TPSA) is 78.7 Å². The number of nitrogens with two attached hydrogens (primary N) is 1. The first-order valence-electron chi connectivity index (χ1n) is 7.22. The van der Waals surface area contributed by atoms with Crippen LogP contribution in [0.3, 0.4) is 0 Å². The number of hydrazine groups is 1. The van der Waals surface area contributed by atoms with Crippen LogP contribution in [0.2, 0.25) is 0 Å². The van der Waals surface area contributed by atoms with Crippen molar-refractivity contribution < 1.29 is 9.59 Å². The maximum Gasteiger partial charge on any atom is 0.234 e. The fourth-order valence-corrected chi connectivity index (χ4v) is 2.45. The van der Waals surface area contributed by atoms with Crippen molar-refractivity contribution in [3.05, 3.63) is 35.9 Å². The van der Waals surface area contributed by atoms with Crippen LogP contribution in [-0.4, -0.2) is 47.8 Å². The van der Waals surface area contributed by atoms with Gasteiger partial charge in [-0.05, 0) is 5.56 Å². The lowest BCUT2D eigenvalue weighted by Crippen LogP contribution is -2.48. The van der Waals surface area contributed by atoms with Gasteiger partial charge in [0.15, 0.2) is 0 Å². The highest BCUT2D eigenvalue weighted by Gasteiger charge is 2.21. The standard InChI is InChI=1S/C15H22N4O2/c16-17-14(20)6-7-15(21)19-10-8-18(9-11-19)12-13-4-2-1-3-5-13/h1-5H,6-12,16H2,(H,17,20). The molecule has 0 aromatic heterocycles. The van der Waals surface area contributed by atoms with E-state index >= 15 is 0 Å². The zero-order chi connectivity index (χ0) is 15.1. The predicted octanol–water partition coefficient (Wildman–Crippen LogP) is 0.101. The van der Waals surface area contributed by atoms with E-state index in [-0.39, 0.29) is 24.7 Å². The molecule has 0 bridgehead atoms. The Balaban J connectivity index is 1.72. The predicted molar refractivity (Wildman–Crippen MR) is 79.9 cm³/mol. The Labute approximate surface area is 124 Å². The van der Waals surface area contributed by atoms with E-state index in [1.165, 1.54) is 5.56 Å². The van der Waals surface area contributed by atoms with E-state index in [0.717, 1.165) is 32.7 Å². The van der Waals surface area contributed by atoms with Crippen LogP contribution in [0.5, 0.6) is 0 Å². The first kappa shape index (κ1) is 15.5. The van der Waals surface area contributed by atoms with Crippen LogP contribution in [-0.2, 0) is 16.1 Å². The molecule has 2 amide bonds. The Morgan fingerprint density at radius 2 is 1.71 bits per heavy atom. The first-order valence-corrected chi connectivity index (χ1v) is 7.22. The van der Waals surface area contributed by atoms with Crippen LogP contribution in [0.25, 0.3) is 0 Å². The molecule has 6 nitrogen and oxygen atoms in total. The minimum absolute atomic E-state index is 0.0259. The summed E-state index contributed by atoms with van der Waals surface area (Å²) in [5.74, 6) is 4.72. The molecule has 0 aliphatic carbocycles. The highest BCUT2D eigenvalue weighted by Crippen LogP contribution is 2.09. The lowest BCUT2D eigenvalue weighted by molar-refractivity contribution is -0.135. The van der Waals surface area contributed by atoms with Gasteiger partial charge in [0.1, 0.15) is 0 Å². The minimum atomic E-state index is -0.300. The van der Waals surface area contributed by atoms with E-state index < -0.39 is 0 Å². The SMILES string of the molecule is NNC(=O)CCC(=O)N1CCN(Cc2ccccc2)CC1. The van der Waals surface area contributed by atoms with Gasteiger partial charge in [-0.1, -0.05) is 30.3 Å². The van der Waals surface area contributed by atoms with Crippen LogP contribution >= 0.6 is 0 Å². The molecule has 1 heterocycles. The normalized spacial score (nSPS) is 15.8. The summed E-state index contributed by atoms with van der Waals surface area (Å²) in [4.78, 5) is 27.2. The maximum atomic E-state index is 12.0. The van der Waals surface area contributed by atoms with E-state index in [1.54, 1.807) is 0 Å². The van der Waals surface area contributed by atoms with Crippen LogP contribution in [0.4, 0.5) is 0 Å². The average molecular weight is 290 g/mol. The van der Waals surface area contributed by atoms with Gasteiger partial charge in [0.2, 0.25) is 11.8 Å². The lowest BCUT2D eigenvalue weighted by atomic mass is 10.2. The highest BCUT2D eigenvalue weighted by molar-refractivity contribution is 5.83. The van der Waals surface area contributed by atoms with Crippen molar-refractivity contribution in [2.75, 3.05) is 26.2 Å². The molecule has 3 N–H and O–H groups in total. The number of amides is 2.